The Labute approximate surface area is 152 Å². The molecule has 0 spiro atoms. The van der Waals surface area contributed by atoms with E-state index in [-0.39, 0.29) is 5.91 Å². The highest BCUT2D eigenvalue weighted by Crippen LogP contribution is 2.12. The maximum Gasteiger partial charge on any atom is 0.407 e. The summed E-state index contributed by atoms with van der Waals surface area (Å²) in [6.45, 7) is 5.74. The van der Waals surface area contributed by atoms with Gasteiger partial charge in [0.15, 0.2) is 0 Å². The Balaban J connectivity index is 1.89. The van der Waals surface area contributed by atoms with E-state index in [4.69, 9.17) is 4.74 Å². The van der Waals surface area contributed by atoms with Crippen LogP contribution in [0.15, 0.2) is 48.5 Å². The second-order valence-corrected chi connectivity index (χ2v) is 6.75. The first-order valence-corrected chi connectivity index (χ1v) is 8.19. The number of nitrogens with one attached hydrogen (secondary N) is 2. The number of amides is 2. The summed E-state index contributed by atoms with van der Waals surface area (Å²) in [6.07, 6.45) is 0.250. The third-order valence-electron chi connectivity index (χ3n) is 3.36. The van der Waals surface area contributed by atoms with Crippen LogP contribution in [0.25, 0.3) is 0 Å². The first kappa shape index (κ1) is 19.2. The highest BCUT2D eigenvalue weighted by molar-refractivity contribution is 6.04. The average molecular weight is 354 g/mol. The molecule has 2 aromatic rings. The van der Waals surface area contributed by atoms with E-state index in [0.717, 1.165) is 11.8 Å². The smallest absolute Gasteiger partial charge is 0.407 e. The zero-order valence-electron chi connectivity index (χ0n) is 15.0. The summed E-state index contributed by atoms with van der Waals surface area (Å²) in [4.78, 5) is 34.4. The molecule has 0 saturated carbocycles. The molecule has 2 aromatic carbocycles. The SMILES string of the molecule is CC(C)(C)OC(=O)NCc1ccc(NC(=O)c2ccc(C=O)cc2)cc1. The number of benzene rings is 2. The van der Waals surface area contributed by atoms with Gasteiger partial charge in [0.2, 0.25) is 0 Å². The van der Waals surface area contributed by atoms with E-state index >= 15 is 0 Å². The van der Waals surface area contributed by atoms with Gasteiger partial charge in [-0.3, -0.25) is 9.59 Å². The quantitative estimate of drug-likeness (QED) is 0.801. The summed E-state index contributed by atoms with van der Waals surface area (Å²) in [5.74, 6) is -0.262. The number of carbonyl (C=O) groups is 3. The number of hydrogen-bond donors (Lipinski definition) is 2. The molecule has 2 rings (SSSR count). The Bertz CT molecular complexity index is 775. The van der Waals surface area contributed by atoms with Gasteiger partial charge in [-0.1, -0.05) is 24.3 Å². The van der Waals surface area contributed by atoms with Crippen molar-refractivity contribution in [1.82, 2.24) is 5.32 Å². The Morgan fingerprint density at radius 2 is 1.62 bits per heavy atom. The fourth-order valence-electron chi connectivity index (χ4n) is 2.11. The van der Waals surface area contributed by atoms with E-state index in [9.17, 15) is 14.4 Å². The monoisotopic (exact) mass is 354 g/mol. The lowest BCUT2D eigenvalue weighted by molar-refractivity contribution is 0.0523. The van der Waals surface area contributed by atoms with E-state index in [0.29, 0.717) is 23.4 Å². The fourth-order valence-corrected chi connectivity index (χ4v) is 2.11. The molecule has 2 N–H and O–H groups in total. The van der Waals surface area contributed by atoms with Crippen LogP contribution in [-0.4, -0.2) is 23.9 Å². The van der Waals surface area contributed by atoms with Gasteiger partial charge in [0.25, 0.3) is 5.91 Å². The molecule has 0 unspecified atom stereocenters. The van der Waals surface area contributed by atoms with Crippen LogP contribution in [0.3, 0.4) is 0 Å². The van der Waals surface area contributed by atoms with Gasteiger partial charge < -0.3 is 15.4 Å². The molecule has 0 bridgehead atoms. The van der Waals surface area contributed by atoms with Crippen LogP contribution in [-0.2, 0) is 11.3 Å². The maximum absolute atomic E-state index is 12.2. The molecule has 0 radical (unpaired) electrons. The highest BCUT2D eigenvalue weighted by atomic mass is 16.6. The van der Waals surface area contributed by atoms with E-state index in [2.05, 4.69) is 10.6 Å². The molecule has 6 heteroatoms. The number of aldehydes is 1. The van der Waals surface area contributed by atoms with Crippen molar-refractivity contribution in [2.75, 3.05) is 5.32 Å². The van der Waals surface area contributed by atoms with Gasteiger partial charge in [0.1, 0.15) is 11.9 Å². The van der Waals surface area contributed by atoms with Crippen LogP contribution in [0.4, 0.5) is 10.5 Å². The standard InChI is InChI=1S/C20H22N2O4/c1-20(2,3)26-19(25)21-12-14-6-10-17(11-7-14)22-18(24)16-8-4-15(13-23)5-9-16/h4-11,13H,12H2,1-3H3,(H,21,25)(H,22,24). The number of hydrogen-bond acceptors (Lipinski definition) is 4. The topological polar surface area (TPSA) is 84.5 Å². The minimum absolute atomic E-state index is 0.262. The Kier molecular flexibility index (Phi) is 6.11. The van der Waals surface area contributed by atoms with Crippen molar-refractivity contribution in [1.29, 1.82) is 0 Å². The van der Waals surface area contributed by atoms with Crippen LogP contribution in [0.1, 0.15) is 47.1 Å². The lowest BCUT2D eigenvalue weighted by Gasteiger charge is -2.19. The minimum atomic E-state index is -0.540. The Hall–Kier alpha value is -3.15. The molecule has 0 fully saturated rings. The van der Waals surface area contributed by atoms with Crippen LogP contribution in [0, 0.1) is 0 Å². The number of carbonyl (C=O) groups excluding carboxylic acids is 3. The Morgan fingerprint density at radius 3 is 2.15 bits per heavy atom. The molecular formula is C20H22N2O4. The molecule has 0 aliphatic carbocycles. The molecule has 0 aliphatic heterocycles. The van der Waals surface area contributed by atoms with E-state index in [1.54, 1.807) is 57.2 Å². The molecule has 0 atom stereocenters. The van der Waals surface area contributed by atoms with Gasteiger partial charge in [-0.15, -0.1) is 0 Å². The van der Waals surface area contributed by atoms with Gasteiger partial charge in [0.05, 0.1) is 0 Å². The third kappa shape index (κ3) is 6.05. The predicted octanol–water partition coefficient (Wildman–Crippen LogP) is 3.78. The summed E-state index contributed by atoms with van der Waals surface area (Å²) >= 11 is 0. The first-order valence-electron chi connectivity index (χ1n) is 8.19. The zero-order chi connectivity index (χ0) is 19.2. The summed E-state index contributed by atoms with van der Waals surface area (Å²) < 4.78 is 5.17. The van der Waals surface area contributed by atoms with Crippen molar-refractivity contribution >= 4 is 24.0 Å². The molecule has 2 amide bonds. The second kappa shape index (κ2) is 8.29. The van der Waals surface area contributed by atoms with E-state index in [1.807, 2.05) is 12.1 Å². The van der Waals surface area contributed by atoms with Gasteiger partial charge >= 0.3 is 6.09 Å². The van der Waals surface area contributed by atoms with Crippen LogP contribution < -0.4 is 10.6 Å². The van der Waals surface area contributed by atoms with E-state index in [1.165, 1.54) is 0 Å². The normalized spacial score (nSPS) is 10.7. The number of alkyl carbamates (subject to hydrolysis) is 1. The van der Waals surface area contributed by atoms with Gasteiger partial charge in [-0.2, -0.15) is 0 Å². The summed E-state index contributed by atoms with van der Waals surface area (Å²) in [5.41, 5.74) is 1.96. The largest absolute Gasteiger partial charge is 0.444 e. The van der Waals surface area contributed by atoms with E-state index < -0.39 is 11.7 Å². The van der Waals surface area contributed by atoms with Crippen molar-refractivity contribution in [3.63, 3.8) is 0 Å². The maximum atomic E-state index is 12.2. The summed E-state index contributed by atoms with van der Waals surface area (Å²) in [7, 11) is 0. The van der Waals surface area contributed by atoms with Crippen LogP contribution >= 0.6 is 0 Å². The number of anilines is 1. The lowest BCUT2D eigenvalue weighted by Crippen LogP contribution is -2.32. The van der Waals surface area contributed by atoms with Crippen molar-refractivity contribution in [3.8, 4) is 0 Å². The van der Waals surface area contributed by atoms with Crippen molar-refractivity contribution in [2.24, 2.45) is 0 Å². The number of ether oxygens (including phenoxy) is 1. The minimum Gasteiger partial charge on any atom is -0.444 e. The Morgan fingerprint density at radius 1 is 1.00 bits per heavy atom. The fraction of sp³-hybridized carbons (Fsp3) is 0.250. The van der Waals surface area contributed by atoms with Gasteiger partial charge in [-0.05, 0) is 50.6 Å². The molecule has 26 heavy (non-hydrogen) atoms. The highest BCUT2D eigenvalue weighted by Gasteiger charge is 2.15. The second-order valence-electron chi connectivity index (χ2n) is 6.75. The zero-order valence-corrected chi connectivity index (χ0v) is 15.0. The molecule has 0 saturated heterocycles. The molecule has 0 heterocycles. The predicted molar refractivity (Wildman–Crippen MR) is 99.3 cm³/mol. The molecule has 6 nitrogen and oxygen atoms in total. The summed E-state index contributed by atoms with van der Waals surface area (Å²) in [6, 6.07) is 13.5. The molecule has 0 aromatic heterocycles. The van der Waals surface area contributed by atoms with Crippen LogP contribution in [0.2, 0.25) is 0 Å². The van der Waals surface area contributed by atoms with Crippen molar-refractivity contribution < 1.29 is 19.1 Å². The van der Waals surface area contributed by atoms with Crippen molar-refractivity contribution in [3.05, 3.63) is 65.2 Å². The molecule has 136 valence electrons. The van der Waals surface area contributed by atoms with Crippen LogP contribution in [0.5, 0.6) is 0 Å². The van der Waals surface area contributed by atoms with Gasteiger partial charge in [-0.25, -0.2) is 4.79 Å². The lowest BCUT2D eigenvalue weighted by atomic mass is 10.1. The third-order valence-corrected chi connectivity index (χ3v) is 3.36. The molecule has 0 aliphatic rings. The van der Waals surface area contributed by atoms with Crippen molar-refractivity contribution in [2.45, 2.75) is 32.9 Å². The summed E-state index contributed by atoms with van der Waals surface area (Å²) in [5, 5.41) is 5.45. The average Bonchev–Trinajstić information content (AvgIpc) is 2.59. The van der Waals surface area contributed by atoms with Gasteiger partial charge in [0, 0.05) is 23.4 Å². The number of rotatable bonds is 5. The molecular weight excluding hydrogens is 332 g/mol. The first-order chi connectivity index (χ1) is 12.3.